The summed E-state index contributed by atoms with van der Waals surface area (Å²) < 4.78 is 7.45. The van der Waals surface area contributed by atoms with Crippen LogP contribution in [0.4, 0.5) is 0 Å². The van der Waals surface area contributed by atoms with Crippen molar-refractivity contribution in [2.75, 3.05) is 0 Å². The number of imidazole rings is 1. The van der Waals surface area contributed by atoms with Crippen molar-refractivity contribution in [2.45, 2.75) is 13.5 Å². The molecule has 0 bridgehead atoms. The first-order chi connectivity index (χ1) is 8.08. The third kappa shape index (κ3) is 2.73. The van der Waals surface area contributed by atoms with E-state index >= 15 is 0 Å². The van der Waals surface area contributed by atoms with E-state index in [0.29, 0.717) is 16.8 Å². The fourth-order valence-electron chi connectivity index (χ4n) is 1.43. The van der Waals surface area contributed by atoms with Crippen molar-refractivity contribution in [2.24, 2.45) is 7.05 Å². The average molecular weight is 271 g/mol. The Hall–Kier alpha value is -1.19. The topological polar surface area (TPSA) is 27.1 Å². The van der Waals surface area contributed by atoms with Gasteiger partial charge in [-0.3, -0.25) is 0 Å². The van der Waals surface area contributed by atoms with E-state index < -0.39 is 0 Å². The molecule has 2 rings (SSSR count). The second-order valence-electron chi connectivity index (χ2n) is 3.75. The summed E-state index contributed by atoms with van der Waals surface area (Å²) >= 11 is 11.8. The van der Waals surface area contributed by atoms with Gasteiger partial charge in [-0.15, -0.1) is 0 Å². The van der Waals surface area contributed by atoms with Crippen molar-refractivity contribution in [3.63, 3.8) is 0 Å². The molecule has 0 spiro atoms. The van der Waals surface area contributed by atoms with Gasteiger partial charge in [0.15, 0.2) is 0 Å². The lowest BCUT2D eigenvalue weighted by Crippen LogP contribution is -2.04. The van der Waals surface area contributed by atoms with Crippen molar-refractivity contribution in [1.29, 1.82) is 0 Å². The molecule has 2 aromatic rings. The van der Waals surface area contributed by atoms with E-state index in [2.05, 4.69) is 4.98 Å². The van der Waals surface area contributed by atoms with Crippen molar-refractivity contribution >= 4 is 23.2 Å². The first kappa shape index (κ1) is 12.3. The van der Waals surface area contributed by atoms with Crippen LogP contribution in [-0.2, 0) is 13.7 Å². The maximum Gasteiger partial charge on any atom is 0.147 e. The third-order valence-corrected chi connectivity index (χ3v) is 3.12. The number of hydrogen-bond donors (Lipinski definition) is 0. The molecule has 0 aliphatic carbocycles. The molecule has 1 aromatic carbocycles. The molecule has 0 radical (unpaired) electrons. The molecule has 5 heteroatoms. The van der Waals surface area contributed by atoms with E-state index in [1.807, 2.05) is 26.1 Å². The highest BCUT2D eigenvalue weighted by atomic mass is 35.5. The number of rotatable bonds is 3. The van der Waals surface area contributed by atoms with Gasteiger partial charge in [-0.05, 0) is 24.6 Å². The minimum Gasteiger partial charge on any atom is -0.485 e. The van der Waals surface area contributed by atoms with Crippen molar-refractivity contribution in [3.05, 3.63) is 46.0 Å². The summed E-state index contributed by atoms with van der Waals surface area (Å²) in [5.41, 5.74) is 1.04. The van der Waals surface area contributed by atoms with E-state index in [9.17, 15) is 0 Å². The highest BCUT2D eigenvalue weighted by molar-refractivity contribution is 6.30. The number of nitrogens with zero attached hydrogens (tertiary/aromatic N) is 2. The zero-order valence-corrected chi connectivity index (χ0v) is 11.1. The second kappa shape index (κ2) is 4.98. The third-order valence-electron chi connectivity index (χ3n) is 2.53. The minimum atomic E-state index is 0.365. The van der Waals surface area contributed by atoms with E-state index in [1.165, 1.54) is 0 Å². The quantitative estimate of drug-likeness (QED) is 0.852. The molecule has 1 heterocycles. The predicted molar refractivity (Wildman–Crippen MR) is 68.7 cm³/mol. The summed E-state index contributed by atoms with van der Waals surface area (Å²) in [7, 11) is 1.85. The van der Waals surface area contributed by atoms with Gasteiger partial charge in [0.05, 0.1) is 6.20 Å². The molecule has 0 amide bonds. The molecule has 0 N–H and O–H groups in total. The fourth-order valence-corrected chi connectivity index (χ4v) is 1.74. The van der Waals surface area contributed by atoms with E-state index in [0.717, 1.165) is 17.1 Å². The van der Waals surface area contributed by atoms with Crippen LogP contribution < -0.4 is 4.74 Å². The SMILES string of the molecule is Cc1ccc(Cl)cc1OCc1ncc(Cl)n1C. The lowest BCUT2D eigenvalue weighted by atomic mass is 10.2. The number of aromatic nitrogens is 2. The van der Waals surface area contributed by atoms with Crippen LogP contribution in [0.5, 0.6) is 5.75 Å². The van der Waals surface area contributed by atoms with Gasteiger partial charge in [-0.25, -0.2) is 4.98 Å². The van der Waals surface area contributed by atoms with Crippen LogP contribution in [0.3, 0.4) is 0 Å². The van der Waals surface area contributed by atoms with Gasteiger partial charge in [-0.2, -0.15) is 0 Å². The predicted octanol–water partition coefficient (Wildman–Crippen LogP) is 3.61. The number of benzene rings is 1. The van der Waals surface area contributed by atoms with E-state index in [-0.39, 0.29) is 0 Å². The molecule has 17 heavy (non-hydrogen) atoms. The molecule has 0 saturated carbocycles. The minimum absolute atomic E-state index is 0.365. The van der Waals surface area contributed by atoms with Crippen LogP contribution >= 0.6 is 23.2 Å². The van der Waals surface area contributed by atoms with Crippen LogP contribution in [0.25, 0.3) is 0 Å². The van der Waals surface area contributed by atoms with Crippen LogP contribution in [0.2, 0.25) is 10.2 Å². The first-order valence-electron chi connectivity index (χ1n) is 5.13. The summed E-state index contributed by atoms with van der Waals surface area (Å²) in [5.74, 6) is 1.53. The van der Waals surface area contributed by atoms with E-state index in [4.69, 9.17) is 27.9 Å². The summed E-state index contributed by atoms with van der Waals surface area (Å²) in [5, 5.41) is 1.25. The second-order valence-corrected chi connectivity index (χ2v) is 4.58. The Morgan fingerprint density at radius 2 is 2.12 bits per heavy atom. The average Bonchev–Trinajstić information content (AvgIpc) is 2.62. The number of ether oxygens (including phenoxy) is 1. The van der Waals surface area contributed by atoms with Gasteiger partial charge in [0.25, 0.3) is 0 Å². The molecular formula is C12H12Cl2N2O. The summed E-state index contributed by atoms with van der Waals surface area (Å²) in [4.78, 5) is 4.16. The lowest BCUT2D eigenvalue weighted by molar-refractivity contribution is 0.290. The largest absolute Gasteiger partial charge is 0.485 e. The molecule has 3 nitrogen and oxygen atoms in total. The Labute approximate surface area is 110 Å². The maximum absolute atomic E-state index is 5.91. The molecule has 0 aliphatic rings. The van der Waals surface area contributed by atoms with E-state index in [1.54, 1.807) is 16.8 Å². The number of aryl methyl sites for hydroxylation is 1. The highest BCUT2D eigenvalue weighted by Crippen LogP contribution is 2.23. The summed E-state index contributed by atoms with van der Waals surface area (Å²) in [6.45, 7) is 2.33. The van der Waals surface area contributed by atoms with Crippen molar-refractivity contribution < 1.29 is 4.74 Å². The molecule has 0 saturated heterocycles. The van der Waals surface area contributed by atoms with Gasteiger partial charge >= 0.3 is 0 Å². The van der Waals surface area contributed by atoms with Crippen LogP contribution in [0.15, 0.2) is 24.4 Å². The Balaban J connectivity index is 2.12. The molecule has 90 valence electrons. The molecule has 0 atom stereocenters. The Kier molecular flexibility index (Phi) is 3.60. The maximum atomic E-state index is 5.91. The van der Waals surface area contributed by atoms with Gasteiger partial charge < -0.3 is 9.30 Å². The highest BCUT2D eigenvalue weighted by Gasteiger charge is 2.06. The standard InChI is InChI=1S/C12H12Cl2N2O/c1-8-3-4-9(13)5-10(8)17-7-12-15-6-11(14)16(12)2/h3-6H,7H2,1-2H3. The Morgan fingerprint density at radius 1 is 1.35 bits per heavy atom. The molecular weight excluding hydrogens is 259 g/mol. The van der Waals surface area contributed by atoms with Crippen LogP contribution in [-0.4, -0.2) is 9.55 Å². The normalized spacial score (nSPS) is 10.6. The zero-order valence-electron chi connectivity index (χ0n) is 9.58. The molecule has 0 unspecified atom stereocenters. The Morgan fingerprint density at radius 3 is 2.76 bits per heavy atom. The van der Waals surface area contributed by atoms with Gasteiger partial charge in [0.2, 0.25) is 0 Å². The van der Waals surface area contributed by atoms with Crippen LogP contribution in [0.1, 0.15) is 11.4 Å². The molecule has 0 aliphatic heterocycles. The summed E-state index contributed by atoms with van der Waals surface area (Å²) in [6, 6.07) is 5.55. The monoisotopic (exact) mass is 270 g/mol. The number of halogens is 2. The molecule has 0 fully saturated rings. The van der Waals surface area contributed by atoms with Crippen LogP contribution in [0, 0.1) is 6.92 Å². The Bertz CT molecular complexity index is 537. The zero-order chi connectivity index (χ0) is 12.4. The van der Waals surface area contributed by atoms with Gasteiger partial charge in [-0.1, -0.05) is 29.3 Å². The fraction of sp³-hybridized carbons (Fsp3) is 0.250. The van der Waals surface area contributed by atoms with Gasteiger partial charge in [0, 0.05) is 12.1 Å². The lowest BCUT2D eigenvalue weighted by Gasteiger charge is -2.09. The first-order valence-corrected chi connectivity index (χ1v) is 5.88. The number of hydrogen-bond acceptors (Lipinski definition) is 2. The van der Waals surface area contributed by atoms with Crippen molar-refractivity contribution in [1.82, 2.24) is 9.55 Å². The molecule has 1 aromatic heterocycles. The van der Waals surface area contributed by atoms with Gasteiger partial charge in [0.1, 0.15) is 23.3 Å². The summed E-state index contributed by atoms with van der Waals surface area (Å²) in [6.07, 6.45) is 1.60. The smallest absolute Gasteiger partial charge is 0.147 e. The van der Waals surface area contributed by atoms with Crippen molar-refractivity contribution in [3.8, 4) is 5.75 Å².